The van der Waals surface area contributed by atoms with Crippen molar-refractivity contribution in [1.29, 1.82) is 0 Å². The number of ether oxygens (including phenoxy) is 4. The molecule has 3 rings (SSSR count). The molecule has 2 aliphatic rings. The van der Waals surface area contributed by atoms with E-state index in [4.69, 9.17) is 24.7 Å². The third kappa shape index (κ3) is 3.28. The van der Waals surface area contributed by atoms with Gasteiger partial charge in [0.25, 0.3) is 11.5 Å². The number of aromatic nitrogens is 2. The summed E-state index contributed by atoms with van der Waals surface area (Å²) in [6, 6.07) is 0. The lowest BCUT2D eigenvalue weighted by atomic mass is 10.1. The van der Waals surface area contributed by atoms with Crippen LogP contribution in [0.15, 0.2) is 17.2 Å². The number of hydrogen-bond acceptors (Lipinski definition) is 8. The molecule has 3 heterocycles. The standard InChI is InChI=1S/C15H19N3O7/c1-7(19)22-6-8-10-11(25-15(2,3)24-10)14(23-8)18-5-4-17-9(12(16)20)13(18)21/h4-5,8,10-11,14H,6H2,1-3H3,(H2,16,20)/t8-,10-,11-,14-/m1/s1. The number of amides is 1. The minimum Gasteiger partial charge on any atom is -0.463 e. The number of hydrogen-bond donors (Lipinski definition) is 1. The van der Waals surface area contributed by atoms with E-state index in [-0.39, 0.29) is 6.61 Å². The molecule has 0 saturated carbocycles. The van der Waals surface area contributed by atoms with Gasteiger partial charge < -0.3 is 24.7 Å². The fourth-order valence-corrected chi connectivity index (χ4v) is 3.01. The van der Waals surface area contributed by atoms with E-state index < -0.39 is 53.5 Å². The number of primary amides is 1. The summed E-state index contributed by atoms with van der Waals surface area (Å²) in [5, 5.41) is 0. The highest BCUT2D eigenvalue weighted by molar-refractivity contribution is 5.90. The Morgan fingerprint density at radius 3 is 2.68 bits per heavy atom. The van der Waals surface area contributed by atoms with Crippen LogP contribution in [0, 0.1) is 0 Å². The first kappa shape index (κ1) is 17.5. The summed E-state index contributed by atoms with van der Waals surface area (Å²) in [4.78, 5) is 38.6. The van der Waals surface area contributed by atoms with Gasteiger partial charge >= 0.3 is 5.97 Å². The summed E-state index contributed by atoms with van der Waals surface area (Å²) in [6.45, 7) is 4.70. The SMILES string of the molecule is CC(=O)OC[C@H]1O[C@@H](n2ccnc(C(N)=O)c2=O)[C@@H]2OC(C)(C)O[C@@H]21. The Balaban J connectivity index is 1.94. The van der Waals surface area contributed by atoms with Crippen LogP contribution >= 0.6 is 0 Å². The molecule has 25 heavy (non-hydrogen) atoms. The molecule has 2 aliphatic heterocycles. The van der Waals surface area contributed by atoms with Gasteiger partial charge in [-0.2, -0.15) is 0 Å². The third-order valence-electron chi connectivity index (χ3n) is 3.95. The molecule has 0 bridgehead atoms. The molecule has 0 unspecified atom stereocenters. The Kier molecular flexibility index (Phi) is 4.35. The molecule has 1 amide bonds. The van der Waals surface area contributed by atoms with Gasteiger partial charge in [-0.05, 0) is 13.8 Å². The lowest BCUT2D eigenvalue weighted by Gasteiger charge is -2.24. The van der Waals surface area contributed by atoms with E-state index in [1.807, 2.05) is 0 Å². The van der Waals surface area contributed by atoms with E-state index in [1.54, 1.807) is 13.8 Å². The predicted octanol–water partition coefficient (Wildman–Crippen LogP) is -0.677. The van der Waals surface area contributed by atoms with Gasteiger partial charge in [0.1, 0.15) is 24.9 Å². The first-order valence-electron chi connectivity index (χ1n) is 7.71. The monoisotopic (exact) mass is 353 g/mol. The van der Waals surface area contributed by atoms with Gasteiger partial charge in [0, 0.05) is 19.3 Å². The maximum atomic E-state index is 12.5. The van der Waals surface area contributed by atoms with Crippen LogP contribution in [0.5, 0.6) is 0 Å². The first-order chi connectivity index (χ1) is 11.7. The van der Waals surface area contributed by atoms with Gasteiger partial charge in [-0.15, -0.1) is 0 Å². The summed E-state index contributed by atoms with van der Waals surface area (Å²) in [5.41, 5.74) is 4.08. The van der Waals surface area contributed by atoms with Crippen molar-refractivity contribution in [3.05, 3.63) is 28.4 Å². The minimum absolute atomic E-state index is 0.0467. The Hall–Kier alpha value is -2.30. The largest absolute Gasteiger partial charge is 0.463 e. The summed E-state index contributed by atoms with van der Waals surface area (Å²) in [6.07, 6.45) is -0.0221. The average molecular weight is 353 g/mol. The Morgan fingerprint density at radius 1 is 1.36 bits per heavy atom. The van der Waals surface area contributed by atoms with E-state index in [0.29, 0.717) is 0 Å². The molecule has 0 aliphatic carbocycles. The molecule has 1 aromatic heterocycles. The second kappa shape index (κ2) is 6.21. The molecule has 0 aromatic carbocycles. The maximum absolute atomic E-state index is 12.5. The van der Waals surface area contributed by atoms with Crippen molar-refractivity contribution in [2.45, 2.75) is 51.1 Å². The van der Waals surface area contributed by atoms with Gasteiger partial charge in [0.05, 0.1) is 0 Å². The summed E-state index contributed by atoms with van der Waals surface area (Å²) in [7, 11) is 0. The van der Waals surface area contributed by atoms with Crippen molar-refractivity contribution in [2.75, 3.05) is 6.61 Å². The van der Waals surface area contributed by atoms with Gasteiger partial charge in [0.15, 0.2) is 17.7 Å². The second-order valence-corrected chi connectivity index (χ2v) is 6.28. The quantitative estimate of drug-likeness (QED) is 0.704. The zero-order chi connectivity index (χ0) is 18.4. The minimum atomic E-state index is -0.936. The number of nitrogens with zero attached hydrogens (tertiary/aromatic N) is 2. The highest BCUT2D eigenvalue weighted by Crippen LogP contribution is 2.42. The van der Waals surface area contributed by atoms with Crippen molar-refractivity contribution >= 4 is 11.9 Å². The number of nitrogens with two attached hydrogens (primary N) is 1. The summed E-state index contributed by atoms with van der Waals surface area (Å²) < 4.78 is 23.7. The van der Waals surface area contributed by atoms with Crippen molar-refractivity contribution in [2.24, 2.45) is 5.73 Å². The number of carbonyl (C=O) groups excluding carboxylic acids is 2. The molecular formula is C15H19N3O7. The molecule has 2 saturated heterocycles. The average Bonchev–Trinajstić information content (AvgIpc) is 2.98. The highest BCUT2D eigenvalue weighted by Gasteiger charge is 2.56. The van der Waals surface area contributed by atoms with E-state index in [1.165, 1.54) is 23.9 Å². The van der Waals surface area contributed by atoms with Crippen LogP contribution in [0.25, 0.3) is 0 Å². The van der Waals surface area contributed by atoms with Gasteiger partial charge in [0.2, 0.25) is 0 Å². The Bertz CT molecular complexity index is 760. The number of esters is 1. The lowest BCUT2D eigenvalue weighted by Crippen LogP contribution is -2.37. The van der Waals surface area contributed by atoms with Gasteiger partial charge in [-0.3, -0.25) is 19.0 Å². The van der Waals surface area contributed by atoms with Crippen molar-refractivity contribution in [1.82, 2.24) is 9.55 Å². The number of carbonyl (C=O) groups is 2. The van der Waals surface area contributed by atoms with E-state index in [9.17, 15) is 14.4 Å². The van der Waals surface area contributed by atoms with Crippen molar-refractivity contribution < 1.29 is 28.5 Å². The molecule has 0 spiro atoms. The number of rotatable bonds is 4. The topological polar surface area (TPSA) is 132 Å². The van der Waals surface area contributed by atoms with Crippen LogP contribution in [0.2, 0.25) is 0 Å². The Morgan fingerprint density at radius 2 is 2.04 bits per heavy atom. The van der Waals surface area contributed by atoms with E-state index >= 15 is 0 Å². The van der Waals surface area contributed by atoms with Crippen molar-refractivity contribution in [3.8, 4) is 0 Å². The predicted molar refractivity (Wildman–Crippen MR) is 81.4 cm³/mol. The molecule has 10 heteroatoms. The molecule has 0 radical (unpaired) electrons. The van der Waals surface area contributed by atoms with Crippen LogP contribution in [0.4, 0.5) is 0 Å². The van der Waals surface area contributed by atoms with E-state index in [0.717, 1.165) is 0 Å². The Labute approximate surface area is 142 Å². The van der Waals surface area contributed by atoms with Crippen LogP contribution in [-0.2, 0) is 23.7 Å². The smallest absolute Gasteiger partial charge is 0.302 e. The summed E-state index contributed by atoms with van der Waals surface area (Å²) >= 11 is 0. The molecule has 136 valence electrons. The van der Waals surface area contributed by atoms with Crippen molar-refractivity contribution in [3.63, 3.8) is 0 Å². The molecule has 1 aromatic rings. The second-order valence-electron chi connectivity index (χ2n) is 6.28. The van der Waals surface area contributed by atoms with Crippen LogP contribution in [0.3, 0.4) is 0 Å². The molecule has 2 N–H and O–H groups in total. The van der Waals surface area contributed by atoms with E-state index in [2.05, 4.69) is 4.98 Å². The van der Waals surface area contributed by atoms with Gasteiger partial charge in [-0.25, -0.2) is 4.98 Å². The first-order valence-corrected chi connectivity index (χ1v) is 7.71. The molecule has 10 nitrogen and oxygen atoms in total. The number of fused-ring (bicyclic) bond motifs is 1. The third-order valence-corrected chi connectivity index (χ3v) is 3.95. The normalized spacial score (nSPS) is 30.0. The summed E-state index contributed by atoms with van der Waals surface area (Å²) in [5.74, 6) is -2.29. The zero-order valence-corrected chi connectivity index (χ0v) is 14.0. The zero-order valence-electron chi connectivity index (χ0n) is 14.0. The lowest BCUT2D eigenvalue weighted by molar-refractivity contribution is -0.202. The highest BCUT2D eigenvalue weighted by atomic mass is 16.8. The molecule has 2 fully saturated rings. The fourth-order valence-electron chi connectivity index (χ4n) is 3.01. The maximum Gasteiger partial charge on any atom is 0.302 e. The van der Waals surface area contributed by atoms with Crippen LogP contribution < -0.4 is 11.3 Å². The van der Waals surface area contributed by atoms with Gasteiger partial charge in [-0.1, -0.05) is 0 Å². The molecule has 4 atom stereocenters. The molecular weight excluding hydrogens is 334 g/mol. The van der Waals surface area contributed by atoms with Crippen LogP contribution in [0.1, 0.15) is 37.5 Å². The fraction of sp³-hybridized carbons (Fsp3) is 0.600. The van der Waals surface area contributed by atoms with Crippen LogP contribution in [-0.4, -0.2) is 52.1 Å².